The Hall–Kier alpha value is -1.23. The van der Waals surface area contributed by atoms with E-state index in [4.69, 9.17) is 10.2 Å². The van der Waals surface area contributed by atoms with E-state index in [1.807, 2.05) is 0 Å². The standard InChI is InChI=1S/C2H3O7P/c3-1(4)8-10(7)9-2(5)6/h10H,(H,3,4)(H,5,6). The lowest BCUT2D eigenvalue weighted by molar-refractivity contribution is 0.124. The summed E-state index contributed by atoms with van der Waals surface area (Å²) in [4.78, 5) is 19.0. The summed E-state index contributed by atoms with van der Waals surface area (Å²) in [5.41, 5.74) is 0. The van der Waals surface area contributed by atoms with Crippen LogP contribution < -0.4 is 0 Å². The van der Waals surface area contributed by atoms with Crippen LogP contribution >= 0.6 is 8.25 Å². The molecule has 0 aromatic carbocycles. The second kappa shape index (κ2) is 3.73. The van der Waals surface area contributed by atoms with Crippen molar-refractivity contribution in [2.24, 2.45) is 0 Å². The first kappa shape index (κ1) is 8.77. The van der Waals surface area contributed by atoms with Crippen molar-refractivity contribution in [1.29, 1.82) is 0 Å². The average Bonchev–Trinajstić information content (AvgIpc) is 1.58. The van der Waals surface area contributed by atoms with Crippen LogP contribution in [-0.2, 0) is 13.6 Å². The number of hydrogen-bond donors (Lipinski definition) is 2. The monoisotopic (exact) mass is 170 g/mol. The first-order valence-corrected chi connectivity index (χ1v) is 3.10. The smallest absolute Gasteiger partial charge is 0.449 e. The van der Waals surface area contributed by atoms with E-state index in [9.17, 15) is 14.2 Å². The lowest BCUT2D eigenvalue weighted by Crippen LogP contribution is -1.97. The predicted octanol–water partition coefficient (Wildman–Crippen LogP) is 0.765. The highest BCUT2D eigenvalue weighted by Gasteiger charge is 2.09. The summed E-state index contributed by atoms with van der Waals surface area (Å²) < 4.78 is 16.9. The molecule has 0 atom stereocenters. The van der Waals surface area contributed by atoms with Crippen molar-refractivity contribution in [3.05, 3.63) is 0 Å². The zero-order chi connectivity index (χ0) is 8.15. The Morgan fingerprint density at radius 1 is 1.10 bits per heavy atom. The largest absolute Gasteiger partial charge is 0.512 e. The molecule has 0 heterocycles. The Kier molecular flexibility index (Phi) is 3.27. The first-order chi connectivity index (χ1) is 4.52. The summed E-state index contributed by atoms with van der Waals surface area (Å²) in [6, 6.07) is 0. The molecule has 7 nitrogen and oxygen atoms in total. The molecule has 0 rings (SSSR count). The van der Waals surface area contributed by atoms with Gasteiger partial charge in [-0.2, -0.15) is 0 Å². The van der Waals surface area contributed by atoms with Gasteiger partial charge in [0.15, 0.2) is 0 Å². The molecule has 0 aromatic rings. The maximum atomic E-state index is 10.0. The number of hydrogen-bond acceptors (Lipinski definition) is 5. The highest BCUT2D eigenvalue weighted by atomic mass is 31.1. The Morgan fingerprint density at radius 3 is 1.60 bits per heavy atom. The zero-order valence-corrected chi connectivity index (χ0v) is 5.44. The predicted molar refractivity (Wildman–Crippen MR) is 27.2 cm³/mol. The zero-order valence-electron chi connectivity index (χ0n) is 4.44. The molecule has 0 aliphatic heterocycles. The number of carboxylic acid groups (broad SMARTS) is 2. The minimum absolute atomic E-state index is 1.84. The van der Waals surface area contributed by atoms with Gasteiger partial charge in [0.2, 0.25) is 0 Å². The van der Waals surface area contributed by atoms with Gasteiger partial charge < -0.3 is 19.3 Å². The molecule has 0 spiro atoms. The van der Waals surface area contributed by atoms with Gasteiger partial charge in [-0.25, -0.2) is 14.2 Å². The molecule has 8 heteroatoms. The van der Waals surface area contributed by atoms with E-state index >= 15 is 0 Å². The van der Waals surface area contributed by atoms with E-state index in [1.54, 1.807) is 0 Å². The second-order valence-corrected chi connectivity index (χ2v) is 1.89. The molecule has 0 radical (unpaired) electrons. The molecule has 0 bridgehead atoms. The molecule has 0 fully saturated rings. The van der Waals surface area contributed by atoms with Crippen molar-refractivity contribution in [3.8, 4) is 0 Å². The fraction of sp³-hybridized carbons (Fsp3) is 0. The van der Waals surface area contributed by atoms with Crippen molar-refractivity contribution in [3.63, 3.8) is 0 Å². The first-order valence-electron chi connectivity index (χ1n) is 1.88. The van der Waals surface area contributed by atoms with Gasteiger partial charge in [-0.05, 0) is 0 Å². The number of rotatable bonds is 2. The third-order valence-electron chi connectivity index (χ3n) is 0.341. The van der Waals surface area contributed by atoms with Gasteiger partial charge >= 0.3 is 20.6 Å². The normalized spacial score (nSPS) is 8.90. The summed E-state index contributed by atoms with van der Waals surface area (Å²) in [5.74, 6) is 0. The minimum atomic E-state index is -3.44. The van der Waals surface area contributed by atoms with E-state index in [-0.39, 0.29) is 0 Å². The topological polar surface area (TPSA) is 110 Å². The van der Waals surface area contributed by atoms with E-state index in [2.05, 4.69) is 9.05 Å². The van der Waals surface area contributed by atoms with E-state index in [0.717, 1.165) is 0 Å². The summed E-state index contributed by atoms with van der Waals surface area (Å²) >= 11 is 0. The van der Waals surface area contributed by atoms with Crippen LogP contribution in [0.1, 0.15) is 0 Å². The van der Waals surface area contributed by atoms with Crippen molar-refractivity contribution < 1.29 is 33.4 Å². The Balaban J connectivity index is 3.65. The molecule has 0 amide bonds. The fourth-order valence-corrected chi connectivity index (χ4v) is 0.490. The maximum absolute atomic E-state index is 10.0. The third-order valence-corrected chi connectivity index (χ3v) is 1.02. The maximum Gasteiger partial charge on any atom is 0.512 e. The van der Waals surface area contributed by atoms with Crippen LogP contribution in [0.3, 0.4) is 0 Å². The molecule has 0 aliphatic rings. The van der Waals surface area contributed by atoms with Crippen molar-refractivity contribution in [2.45, 2.75) is 0 Å². The fourth-order valence-electron chi connectivity index (χ4n) is 0.163. The van der Waals surface area contributed by atoms with Crippen molar-refractivity contribution in [1.82, 2.24) is 0 Å². The van der Waals surface area contributed by atoms with E-state index in [0.29, 0.717) is 0 Å². The van der Waals surface area contributed by atoms with E-state index in [1.165, 1.54) is 0 Å². The molecule has 58 valence electrons. The van der Waals surface area contributed by atoms with Crippen LogP contribution in [0.2, 0.25) is 0 Å². The lowest BCUT2D eigenvalue weighted by Gasteiger charge is -1.96. The summed E-state index contributed by atoms with van der Waals surface area (Å²) in [6.07, 6.45) is -3.68. The SMILES string of the molecule is O=C(O)O[PH](=O)OC(=O)O. The van der Waals surface area contributed by atoms with E-state index < -0.39 is 20.6 Å². The second-order valence-electron chi connectivity index (χ2n) is 0.986. The Morgan fingerprint density at radius 2 is 1.40 bits per heavy atom. The molecule has 0 unspecified atom stereocenters. The molecule has 10 heavy (non-hydrogen) atoms. The summed E-state index contributed by atoms with van der Waals surface area (Å²) in [7, 11) is -3.44. The third kappa shape index (κ3) is 4.92. The van der Waals surface area contributed by atoms with Gasteiger partial charge in [0, 0.05) is 0 Å². The van der Waals surface area contributed by atoms with Gasteiger partial charge in [0.25, 0.3) is 0 Å². The van der Waals surface area contributed by atoms with Gasteiger partial charge in [-0.3, -0.25) is 0 Å². The Labute approximate surface area is 55.1 Å². The van der Waals surface area contributed by atoms with Crippen molar-refractivity contribution in [2.75, 3.05) is 0 Å². The van der Waals surface area contributed by atoms with Gasteiger partial charge in [0.1, 0.15) is 0 Å². The molecule has 0 saturated heterocycles. The van der Waals surface area contributed by atoms with Crippen molar-refractivity contribution >= 4 is 20.6 Å². The Bertz CT molecular complexity index is 154. The van der Waals surface area contributed by atoms with Gasteiger partial charge in [-0.15, -0.1) is 0 Å². The molecular formula is C2H3O7P. The van der Waals surface area contributed by atoms with Crippen LogP contribution in [0, 0.1) is 0 Å². The number of carbonyl (C=O) groups is 2. The molecule has 2 N–H and O–H groups in total. The van der Waals surface area contributed by atoms with Gasteiger partial charge in [0.05, 0.1) is 0 Å². The molecule has 0 aliphatic carbocycles. The quantitative estimate of drug-likeness (QED) is 0.588. The van der Waals surface area contributed by atoms with Crippen LogP contribution in [-0.4, -0.2) is 22.5 Å². The summed E-state index contributed by atoms with van der Waals surface area (Å²) in [6.45, 7) is 0. The van der Waals surface area contributed by atoms with Crippen LogP contribution in [0.4, 0.5) is 9.59 Å². The molecule has 0 aromatic heterocycles. The van der Waals surface area contributed by atoms with Crippen LogP contribution in [0.15, 0.2) is 0 Å². The average molecular weight is 170 g/mol. The minimum Gasteiger partial charge on any atom is -0.449 e. The van der Waals surface area contributed by atoms with Gasteiger partial charge in [-0.1, -0.05) is 0 Å². The highest BCUT2D eigenvalue weighted by molar-refractivity contribution is 7.34. The summed E-state index contributed by atoms with van der Waals surface area (Å²) in [5, 5.41) is 15.5. The lowest BCUT2D eigenvalue weighted by atomic mass is 11.5. The molecular weight excluding hydrogens is 167 g/mol. The highest BCUT2D eigenvalue weighted by Crippen LogP contribution is 2.23. The molecule has 0 saturated carbocycles. The van der Waals surface area contributed by atoms with Crippen LogP contribution in [0.5, 0.6) is 0 Å². The van der Waals surface area contributed by atoms with Crippen LogP contribution in [0.25, 0.3) is 0 Å².